The molecule has 0 spiro atoms. The van der Waals surface area contributed by atoms with Crippen molar-refractivity contribution in [1.29, 1.82) is 0 Å². The molecule has 10 heteroatoms. The summed E-state index contributed by atoms with van der Waals surface area (Å²) in [5, 5.41) is 2.77. The number of benzene rings is 1. The van der Waals surface area contributed by atoms with Crippen LogP contribution in [0.25, 0.3) is 10.2 Å². The van der Waals surface area contributed by atoms with E-state index in [1.807, 2.05) is 29.7 Å². The fourth-order valence-corrected chi connectivity index (χ4v) is 5.83. The third-order valence-corrected chi connectivity index (χ3v) is 7.52. The fourth-order valence-electron chi connectivity index (χ4n) is 3.67. The maximum Gasteiger partial charge on any atom is 0.263 e. The zero-order valence-corrected chi connectivity index (χ0v) is 18.9. The summed E-state index contributed by atoms with van der Waals surface area (Å²) in [6.07, 6.45) is 4.95. The van der Waals surface area contributed by atoms with Gasteiger partial charge in [-0.15, -0.1) is 0 Å². The Bertz CT molecular complexity index is 1100. The molecule has 0 bridgehead atoms. The van der Waals surface area contributed by atoms with Crippen LogP contribution >= 0.6 is 11.3 Å². The maximum atomic E-state index is 12.4. The predicted octanol–water partition coefficient (Wildman–Crippen LogP) is 2.02. The van der Waals surface area contributed by atoms with Crippen molar-refractivity contribution in [2.45, 2.75) is 51.6 Å². The number of aromatic nitrogens is 1. The number of carbonyl (C=O) groups excluding carboxylic acids is 2. The average molecular weight is 454 g/mol. The second kappa shape index (κ2) is 9.74. The topological polar surface area (TPSA) is 107 Å². The summed E-state index contributed by atoms with van der Waals surface area (Å²) in [6, 6.07) is 5.58. The van der Waals surface area contributed by atoms with Crippen LogP contribution in [0.2, 0.25) is 0 Å². The molecule has 1 aliphatic rings. The van der Waals surface area contributed by atoms with Crippen molar-refractivity contribution in [3.8, 4) is 5.75 Å². The average Bonchev–Trinajstić information content (AvgIpc) is 3.03. The van der Waals surface area contributed by atoms with Gasteiger partial charge in [0.15, 0.2) is 14.6 Å². The molecule has 2 amide bonds. The summed E-state index contributed by atoms with van der Waals surface area (Å²) in [5.41, 5.74) is 0.893. The summed E-state index contributed by atoms with van der Waals surface area (Å²) in [5.74, 6) is -2.11. The summed E-state index contributed by atoms with van der Waals surface area (Å²) in [4.78, 5) is 28.9. The Balaban J connectivity index is 1.71. The first kappa shape index (κ1) is 22.5. The van der Waals surface area contributed by atoms with Gasteiger partial charge in [-0.2, -0.15) is 4.99 Å². The van der Waals surface area contributed by atoms with E-state index in [2.05, 4.69) is 10.3 Å². The van der Waals surface area contributed by atoms with Gasteiger partial charge in [0, 0.05) is 12.6 Å². The molecule has 164 valence electrons. The maximum absolute atomic E-state index is 12.4. The third kappa shape index (κ3) is 5.69. The Labute approximate surface area is 179 Å². The van der Waals surface area contributed by atoms with E-state index in [0.717, 1.165) is 42.3 Å². The Morgan fingerprint density at radius 1 is 1.23 bits per heavy atom. The molecule has 0 unspecified atom stereocenters. The summed E-state index contributed by atoms with van der Waals surface area (Å²) in [6.45, 7) is 2.50. The number of carbonyl (C=O) groups is 2. The molecular weight excluding hydrogens is 426 g/mol. The van der Waals surface area contributed by atoms with E-state index in [-0.39, 0.29) is 6.04 Å². The van der Waals surface area contributed by atoms with E-state index in [1.165, 1.54) is 11.3 Å². The molecular formula is C20H27N3O5S2. The van der Waals surface area contributed by atoms with Gasteiger partial charge in [0.1, 0.15) is 17.3 Å². The Morgan fingerprint density at radius 2 is 1.97 bits per heavy atom. The van der Waals surface area contributed by atoms with Gasteiger partial charge >= 0.3 is 0 Å². The lowest BCUT2D eigenvalue weighted by molar-refractivity contribution is -0.119. The highest BCUT2D eigenvalue weighted by Gasteiger charge is 2.23. The molecule has 0 radical (unpaired) electrons. The van der Waals surface area contributed by atoms with Crippen molar-refractivity contribution in [3.05, 3.63) is 23.0 Å². The van der Waals surface area contributed by atoms with Crippen LogP contribution in [-0.2, 0) is 26.0 Å². The number of nitrogens with zero attached hydrogens (tertiary/aromatic N) is 2. The molecule has 1 aromatic carbocycles. The number of fused-ring (bicyclic) bond motifs is 1. The lowest BCUT2D eigenvalue weighted by atomic mass is 9.95. The smallest absolute Gasteiger partial charge is 0.263 e. The van der Waals surface area contributed by atoms with Gasteiger partial charge in [-0.25, -0.2) is 8.42 Å². The van der Waals surface area contributed by atoms with Crippen LogP contribution in [0.4, 0.5) is 0 Å². The number of aryl methyl sites for hydroxylation is 1. The Kier molecular flexibility index (Phi) is 7.30. The van der Waals surface area contributed by atoms with E-state index in [0.29, 0.717) is 17.1 Å². The minimum absolute atomic E-state index is 0.0286. The predicted molar refractivity (Wildman–Crippen MR) is 116 cm³/mol. The van der Waals surface area contributed by atoms with E-state index in [1.54, 1.807) is 7.11 Å². The molecule has 1 saturated carbocycles. The zero-order chi connectivity index (χ0) is 21.7. The van der Waals surface area contributed by atoms with Crippen LogP contribution in [0.3, 0.4) is 0 Å². The second-order valence-electron chi connectivity index (χ2n) is 7.40. The number of sulfone groups is 1. The molecule has 0 saturated heterocycles. The molecule has 1 heterocycles. The number of amides is 2. The standard InChI is InChI=1S/C20H27N3O5S2/c1-3-23-16-10-9-15(28-2)11-17(16)29-20(23)22-19(25)13-30(26,27)12-18(24)21-14-7-5-4-6-8-14/h9-11,14H,3-8,12-13H2,1-2H3,(H,21,24). The van der Waals surface area contributed by atoms with E-state index in [4.69, 9.17) is 4.74 Å². The molecule has 2 aromatic rings. The summed E-state index contributed by atoms with van der Waals surface area (Å²) < 4.78 is 32.6. The van der Waals surface area contributed by atoms with E-state index >= 15 is 0 Å². The number of hydrogen-bond donors (Lipinski definition) is 1. The molecule has 1 aliphatic carbocycles. The van der Waals surface area contributed by atoms with Crippen LogP contribution in [0.1, 0.15) is 39.0 Å². The van der Waals surface area contributed by atoms with E-state index < -0.39 is 33.2 Å². The van der Waals surface area contributed by atoms with Crippen molar-refractivity contribution in [1.82, 2.24) is 9.88 Å². The number of thiazole rings is 1. The van der Waals surface area contributed by atoms with E-state index in [9.17, 15) is 18.0 Å². The fraction of sp³-hybridized carbons (Fsp3) is 0.550. The van der Waals surface area contributed by atoms with Gasteiger partial charge in [-0.1, -0.05) is 30.6 Å². The lowest BCUT2D eigenvalue weighted by Gasteiger charge is -2.22. The Morgan fingerprint density at radius 3 is 2.63 bits per heavy atom. The van der Waals surface area contributed by atoms with Gasteiger partial charge in [-0.05, 0) is 38.0 Å². The number of nitrogens with one attached hydrogen (secondary N) is 1. The van der Waals surface area contributed by atoms with Crippen molar-refractivity contribution >= 4 is 43.2 Å². The highest BCUT2D eigenvalue weighted by atomic mass is 32.2. The summed E-state index contributed by atoms with van der Waals surface area (Å²) in [7, 11) is -2.32. The molecule has 1 fully saturated rings. The molecule has 8 nitrogen and oxygen atoms in total. The van der Waals surface area contributed by atoms with Crippen LogP contribution in [0.5, 0.6) is 5.75 Å². The van der Waals surface area contributed by atoms with Crippen molar-refractivity contribution in [3.63, 3.8) is 0 Å². The normalized spacial score (nSPS) is 16.0. The number of ether oxygens (including phenoxy) is 1. The lowest BCUT2D eigenvalue weighted by Crippen LogP contribution is -2.40. The second-order valence-corrected chi connectivity index (χ2v) is 10.5. The first-order chi connectivity index (χ1) is 14.3. The minimum Gasteiger partial charge on any atom is -0.497 e. The van der Waals surface area contributed by atoms with Gasteiger partial charge < -0.3 is 14.6 Å². The van der Waals surface area contributed by atoms with Crippen LogP contribution in [0.15, 0.2) is 23.2 Å². The minimum atomic E-state index is -3.89. The molecule has 0 atom stereocenters. The van der Waals surface area contributed by atoms with Crippen LogP contribution < -0.4 is 14.9 Å². The van der Waals surface area contributed by atoms with Crippen molar-refractivity contribution in [2.75, 3.05) is 18.6 Å². The van der Waals surface area contributed by atoms with Crippen molar-refractivity contribution in [2.24, 2.45) is 4.99 Å². The number of methoxy groups -OCH3 is 1. The summed E-state index contributed by atoms with van der Waals surface area (Å²) >= 11 is 1.29. The largest absolute Gasteiger partial charge is 0.497 e. The van der Waals surface area contributed by atoms with Crippen molar-refractivity contribution < 1.29 is 22.7 Å². The van der Waals surface area contributed by atoms with Gasteiger partial charge in [0.05, 0.1) is 17.3 Å². The SMILES string of the molecule is CCn1c(=NC(=O)CS(=O)(=O)CC(=O)NC2CCCCC2)sc2cc(OC)ccc21. The van der Waals surface area contributed by atoms with Gasteiger partial charge in [0.2, 0.25) is 5.91 Å². The van der Waals surface area contributed by atoms with Gasteiger partial charge in [-0.3, -0.25) is 9.59 Å². The molecule has 1 N–H and O–H groups in total. The first-order valence-corrected chi connectivity index (χ1v) is 12.7. The highest BCUT2D eigenvalue weighted by molar-refractivity contribution is 7.92. The number of hydrogen-bond acceptors (Lipinski definition) is 6. The monoisotopic (exact) mass is 453 g/mol. The molecule has 30 heavy (non-hydrogen) atoms. The first-order valence-electron chi connectivity index (χ1n) is 10.1. The van der Waals surface area contributed by atoms with Gasteiger partial charge in [0.25, 0.3) is 5.91 Å². The Hall–Kier alpha value is -2.20. The quantitative estimate of drug-likeness (QED) is 0.690. The molecule has 1 aromatic heterocycles. The highest BCUT2D eigenvalue weighted by Crippen LogP contribution is 2.23. The third-order valence-electron chi connectivity index (χ3n) is 5.09. The zero-order valence-electron chi connectivity index (χ0n) is 17.2. The number of rotatable bonds is 7. The molecule has 0 aliphatic heterocycles. The molecule has 3 rings (SSSR count). The van der Waals surface area contributed by atoms with Crippen LogP contribution in [-0.4, -0.2) is 49.5 Å². The van der Waals surface area contributed by atoms with Crippen LogP contribution in [0, 0.1) is 0 Å².